The normalized spacial score (nSPS) is 17.6. The van der Waals surface area contributed by atoms with E-state index in [2.05, 4.69) is 39.7 Å². The van der Waals surface area contributed by atoms with Crippen LogP contribution in [-0.2, 0) is 4.74 Å². The van der Waals surface area contributed by atoms with Crippen molar-refractivity contribution in [3.05, 3.63) is 16.1 Å². The molecule has 1 aliphatic rings. The second-order valence-electron chi connectivity index (χ2n) is 5.71. The van der Waals surface area contributed by atoms with Crippen molar-refractivity contribution in [1.82, 2.24) is 15.2 Å². The average molecular weight is 353 g/mol. The van der Waals surface area contributed by atoms with Crippen LogP contribution < -0.4 is 10.6 Å². The van der Waals surface area contributed by atoms with Crippen LogP contribution in [-0.4, -0.2) is 34.2 Å². The van der Waals surface area contributed by atoms with E-state index >= 15 is 0 Å². The van der Waals surface area contributed by atoms with Crippen LogP contribution >= 0.6 is 22.7 Å². The number of nitrogens with one attached hydrogen (secondary N) is 2. The number of hydrogen-bond acceptors (Lipinski definition) is 8. The molecule has 124 valence electrons. The Morgan fingerprint density at radius 3 is 3.04 bits per heavy atom. The van der Waals surface area contributed by atoms with Crippen LogP contribution in [0.1, 0.15) is 48.3 Å². The van der Waals surface area contributed by atoms with Crippen LogP contribution in [0.5, 0.6) is 0 Å². The molecule has 0 bridgehead atoms. The third kappa shape index (κ3) is 4.24. The Kier molecular flexibility index (Phi) is 5.19. The molecule has 0 saturated carbocycles. The van der Waals surface area contributed by atoms with Crippen LogP contribution in [0.2, 0.25) is 0 Å². The van der Waals surface area contributed by atoms with Gasteiger partial charge in [0.2, 0.25) is 5.13 Å². The Hall–Kier alpha value is -1.58. The largest absolute Gasteiger partial charge is 0.371 e. The highest BCUT2D eigenvalue weighted by Crippen LogP contribution is 2.32. The van der Waals surface area contributed by atoms with Gasteiger partial charge in [0, 0.05) is 18.5 Å². The van der Waals surface area contributed by atoms with Crippen LogP contribution in [0.4, 0.5) is 10.3 Å². The van der Waals surface area contributed by atoms with Gasteiger partial charge in [-0.25, -0.2) is 4.98 Å². The number of thiazole rings is 1. The summed E-state index contributed by atoms with van der Waals surface area (Å²) in [7, 11) is 0. The average Bonchev–Trinajstić information content (AvgIpc) is 3.25. The smallest absolute Gasteiger partial charge is 0.277 e. The lowest BCUT2D eigenvalue weighted by Crippen LogP contribution is -2.13. The minimum Gasteiger partial charge on any atom is -0.371 e. The van der Waals surface area contributed by atoms with E-state index in [1.54, 1.807) is 5.38 Å². The predicted octanol–water partition coefficient (Wildman–Crippen LogP) is 3.17. The zero-order valence-corrected chi connectivity index (χ0v) is 14.7. The van der Waals surface area contributed by atoms with E-state index in [1.165, 1.54) is 22.7 Å². The molecule has 1 fully saturated rings. The van der Waals surface area contributed by atoms with Gasteiger partial charge in [-0.05, 0) is 18.8 Å². The minimum absolute atomic E-state index is 0.0178. The number of aromatic nitrogens is 3. The first kappa shape index (κ1) is 16.3. The molecule has 0 unspecified atom stereocenters. The zero-order chi connectivity index (χ0) is 16.2. The van der Waals surface area contributed by atoms with Crippen molar-refractivity contribution >= 4 is 38.8 Å². The summed E-state index contributed by atoms with van der Waals surface area (Å²) < 4.78 is 5.57. The number of ether oxygens (including phenoxy) is 1. The van der Waals surface area contributed by atoms with Gasteiger partial charge in [-0.1, -0.05) is 25.2 Å². The summed E-state index contributed by atoms with van der Waals surface area (Å²) in [6, 6.07) is 0. The maximum Gasteiger partial charge on any atom is 0.277 e. The Bertz CT molecular complexity index is 664. The van der Waals surface area contributed by atoms with E-state index in [1.807, 2.05) is 0 Å². The second-order valence-corrected chi connectivity index (χ2v) is 7.58. The van der Waals surface area contributed by atoms with Gasteiger partial charge in [0.25, 0.3) is 5.91 Å². The Labute approximate surface area is 142 Å². The SMILES string of the molecule is CC(C)CNc1nc(C(=O)Nc2nnc([C@H]3CCCO3)s2)cs1. The van der Waals surface area contributed by atoms with Crippen molar-refractivity contribution in [1.29, 1.82) is 0 Å². The maximum absolute atomic E-state index is 12.2. The summed E-state index contributed by atoms with van der Waals surface area (Å²) in [6.45, 7) is 5.83. The molecule has 2 N–H and O–H groups in total. The van der Waals surface area contributed by atoms with Crippen molar-refractivity contribution in [3.8, 4) is 0 Å². The molecule has 2 aromatic heterocycles. The van der Waals surface area contributed by atoms with Gasteiger partial charge >= 0.3 is 0 Å². The number of carbonyl (C=O) groups is 1. The Morgan fingerprint density at radius 1 is 1.43 bits per heavy atom. The molecule has 7 nitrogen and oxygen atoms in total. The number of hydrogen-bond donors (Lipinski definition) is 2. The molecule has 1 saturated heterocycles. The molecular formula is C14H19N5O2S2. The quantitative estimate of drug-likeness (QED) is 0.829. The van der Waals surface area contributed by atoms with Crippen molar-refractivity contribution in [2.75, 3.05) is 23.8 Å². The molecule has 23 heavy (non-hydrogen) atoms. The van der Waals surface area contributed by atoms with Gasteiger partial charge in [-0.3, -0.25) is 10.1 Å². The number of nitrogens with zero attached hydrogens (tertiary/aromatic N) is 3. The fourth-order valence-electron chi connectivity index (χ4n) is 2.10. The van der Waals surface area contributed by atoms with Gasteiger partial charge in [-0.15, -0.1) is 21.5 Å². The first-order chi connectivity index (χ1) is 11.1. The molecule has 1 amide bonds. The third-order valence-corrected chi connectivity index (χ3v) is 5.00. The molecule has 0 spiro atoms. The molecular weight excluding hydrogens is 334 g/mol. The molecule has 3 rings (SSSR count). The summed E-state index contributed by atoms with van der Waals surface area (Å²) in [4.78, 5) is 16.5. The van der Waals surface area contributed by atoms with Crippen molar-refractivity contribution < 1.29 is 9.53 Å². The molecule has 1 atom stereocenters. The van der Waals surface area contributed by atoms with Crippen LogP contribution in [0.3, 0.4) is 0 Å². The fourth-order valence-corrected chi connectivity index (χ4v) is 3.62. The number of amides is 1. The van der Waals surface area contributed by atoms with Gasteiger partial charge in [0.15, 0.2) is 5.13 Å². The highest BCUT2D eigenvalue weighted by Gasteiger charge is 2.22. The van der Waals surface area contributed by atoms with Gasteiger partial charge in [0.1, 0.15) is 16.8 Å². The van der Waals surface area contributed by atoms with E-state index in [4.69, 9.17) is 4.74 Å². The van der Waals surface area contributed by atoms with E-state index in [9.17, 15) is 4.79 Å². The van der Waals surface area contributed by atoms with E-state index in [0.717, 1.165) is 36.1 Å². The van der Waals surface area contributed by atoms with E-state index in [0.29, 0.717) is 16.7 Å². The molecule has 0 aromatic carbocycles. The monoisotopic (exact) mass is 353 g/mol. The fraction of sp³-hybridized carbons (Fsp3) is 0.571. The minimum atomic E-state index is -0.270. The summed E-state index contributed by atoms with van der Waals surface area (Å²) in [5, 5.41) is 17.8. The molecule has 3 heterocycles. The van der Waals surface area contributed by atoms with Crippen molar-refractivity contribution in [3.63, 3.8) is 0 Å². The van der Waals surface area contributed by atoms with Crippen molar-refractivity contribution in [2.24, 2.45) is 5.92 Å². The van der Waals surface area contributed by atoms with Gasteiger partial charge in [0.05, 0.1) is 0 Å². The van der Waals surface area contributed by atoms with Gasteiger partial charge < -0.3 is 10.1 Å². The number of anilines is 2. The van der Waals surface area contributed by atoms with E-state index < -0.39 is 0 Å². The summed E-state index contributed by atoms with van der Waals surface area (Å²) in [5.41, 5.74) is 0.384. The Morgan fingerprint density at radius 2 is 2.30 bits per heavy atom. The first-order valence-electron chi connectivity index (χ1n) is 7.57. The predicted molar refractivity (Wildman–Crippen MR) is 91.2 cm³/mol. The molecule has 0 radical (unpaired) electrons. The molecule has 0 aliphatic carbocycles. The van der Waals surface area contributed by atoms with Crippen LogP contribution in [0.25, 0.3) is 0 Å². The standard InChI is InChI=1S/C14H19N5O2S2/c1-8(2)6-15-13-16-9(7-22-13)11(20)17-14-19-18-12(23-14)10-4-3-5-21-10/h7-8,10H,3-6H2,1-2H3,(H,15,16)(H,17,19,20)/t10-/m1/s1. The highest BCUT2D eigenvalue weighted by molar-refractivity contribution is 7.15. The second kappa shape index (κ2) is 7.33. The molecule has 2 aromatic rings. The number of carbonyl (C=O) groups excluding carboxylic acids is 1. The van der Waals surface area contributed by atoms with Gasteiger partial charge in [-0.2, -0.15) is 0 Å². The third-order valence-electron chi connectivity index (χ3n) is 3.26. The Balaban J connectivity index is 1.58. The van der Waals surface area contributed by atoms with Crippen molar-refractivity contribution in [2.45, 2.75) is 32.8 Å². The summed E-state index contributed by atoms with van der Waals surface area (Å²) in [5.74, 6) is 0.252. The van der Waals surface area contributed by atoms with E-state index in [-0.39, 0.29) is 12.0 Å². The molecule has 9 heteroatoms. The topological polar surface area (TPSA) is 89.0 Å². The zero-order valence-electron chi connectivity index (χ0n) is 13.0. The van der Waals surface area contributed by atoms with Crippen LogP contribution in [0, 0.1) is 5.92 Å². The summed E-state index contributed by atoms with van der Waals surface area (Å²) in [6.07, 6.45) is 2.01. The number of rotatable bonds is 6. The summed E-state index contributed by atoms with van der Waals surface area (Å²) >= 11 is 2.78. The lowest BCUT2D eigenvalue weighted by atomic mass is 10.2. The molecule has 1 aliphatic heterocycles. The highest BCUT2D eigenvalue weighted by atomic mass is 32.1. The first-order valence-corrected chi connectivity index (χ1v) is 9.27. The lowest BCUT2D eigenvalue weighted by molar-refractivity contribution is 0.102. The lowest BCUT2D eigenvalue weighted by Gasteiger charge is -2.04. The maximum atomic E-state index is 12.2. The van der Waals surface area contributed by atoms with Crippen LogP contribution in [0.15, 0.2) is 5.38 Å².